The van der Waals surface area contributed by atoms with Crippen LogP contribution in [0.15, 0.2) is 29.2 Å². The van der Waals surface area contributed by atoms with Crippen molar-refractivity contribution in [2.45, 2.75) is 64.2 Å². The maximum atomic E-state index is 15.5. The molecule has 0 bridgehead atoms. The summed E-state index contributed by atoms with van der Waals surface area (Å²) >= 11 is 0. The van der Waals surface area contributed by atoms with Crippen molar-refractivity contribution in [3.8, 4) is 22.6 Å². The number of halogens is 2. The first-order valence-electron chi connectivity index (χ1n) is 21.2. The topological polar surface area (TPSA) is 149 Å². The molecule has 6 heterocycles. The molecule has 15 nitrogen and oxygen atoms in total. The first kappa shape index (κ1) is 42.2. The van der Waals surface area contributed by atoms with Crippen molar-refractivity contribution in [2.75, 3.05) is 78.5 Å². The lowest BCUT2D eigenvalue weighted by Gasteiger charge is -2.38. The number of hydrogen-bond acceptors (Lipinski definition) is 10. The Morgan fingerprint density at radius 3 is 2.18 bits per heavy atom. The molecule has 5 aliphatic heterocycles. The fourth-order valence-corrected chi connectivity index (χ4v) is 9.76. The molecule has 0 saturated carbocycles. The molecule has 2 aromatic carbocycles. The van der Waals surface area contributed by atoms with Gasteiger partial charge in [0.25, 0.3) is 11.5 Å². The summed E-state index contributed by atoms with van der Waals surface area (Å²) in [6.07, 6.45) is 5.77. The number of piperazine rings is 1. The van der Waals surface area contributed by atoms with Crippen molar-refractivity contribution in [1.29, 1.82) is 0 Å². The number of rotatable bonds is 10. The highest BCUT2D eigenvalue weighted by atomic mass is 19.2. The quantitative estimate of drug-likeness (QED) is 0.292. The van der Waals surface area contributed by atoms with Gasteiger partial charge in [-0.05, 0) is 87.0 Å². The van der Waals surface area contributed by atoms with Crippen LogP contribution in [0, 0.1) is 17.6 Å². The van der Waals surface area contributed by atoms with Crippen LogP contribution in [0.4, 0.5) is 19.3 Å². The lowest BCUT2D eigenvalue weighted by Crippen LogP contribution is -2.52. The van der Waals surface area contributed by atoms with E-state index in [1.807, 2.05) is 18.3 Å². The molecule has 0 aliphatic carbocycles. The molecule has 0 radical (unpaired) electrons. The molecule has 1 atom stereocenters. The second kappa shape index (κ2) is 17.4. The van der Waals surface area contributed by atoms with Crippen LogP contribution in [0.2, 0.25) is 0 Å². The predicted molar refractivity (Wildman–Crippen MR) is 222 cm³/mol. The Kier molecular flexibility index (Phi) is 12.1. The number of likely N-dealkylation sites (tertiary alicyclic amines) is 1. The number of imide groups is 1. The molecule has 8 rings (SSSR count). The summed E-state index contributed by atoms with van der Waals surface area (Å²) in [6.45, 7) is 6.28. The van der Waals surface area contributed by atoms with E-state index >= 15 is 8.78 Å². The summed E-state index contributed by atoms with van der Waals surface area (Å²) in [4.78, 5) is 72.5. The fourth-order valence-electron chi connectivity index (χ4n) is 9.76. The number of methoxy groups -OCH3 is 2. The van der Waals surface area contributed by atoms with E-state index < -0.39 is 35.4 Å². The molecule has 3 saturated heterocycles. The maximum absolute atomic E-state index is 15.5. The number of urea groups is 1. The van der Waals surface area contributed by atoms with Gasteiger partial charge < -0.3 is 34.1 Å². The van der Waals surface area contributed by atoms with E-state index in [0.29, 0.717) is 68.7 Å². The first-order chi connectivity index (χ1) is 29.4. The van der Waals surface area contributed by atoms with Crippen molar-refractivity contribution in [3.63, 3.8) is 0 Å². The lowest BCUT2D eigenvalue weighted by atomic mass is 9.91. The normalized spacial score (nSPS) is 20.1. The number of aryl methyl sites for hydroxylation is 1. The SMILES string of the molecule is CNC(=O)N1CCc2c(-c3cc(OC)c(CN4CCC(CCN5CCN(c6cc7c(c(F)c6F)CN(C6CCC(=O)NC6=O)C7=O)CC5)CC4)c(OC)c3)cn(C)c(=O)c2C1. The zero-order valence-corrected chi connectivity index (χ0v) is 35.3. The molecular formula is C44H54F2N8O7. The minimum Gasteiger partial charge on any atom is -0.496 e. The van der Waals surface area contributed by atoms with Gasteiger partial charge in [0.05, 0.1) is 38.6 Å². The maximum Gasteiger partial charge on any atom is 0.317 e. The Hall–Kier alpha value is -5.55. The lowest BCUT2D eigenvalue weighted by molar-refractivity contribution is -0.136. The molecule has 61 heavy (non-hydrogen) atoms. The largest absolute Gasteiger partial charge is 0.496 e. The van der Waals surface area contributed by atoms with Crippen LogP contribution in [0.25, 0.3) is 11.1 Å². The molecule has 5 aliphatic rings. The Labute approximate surface area is 353 Å². The first-order valence-corrected chi connectivity index (χ1v) is 21.2. The van der Waals surface area contributed by atoms with Crippen LogP contribution in [-0.2, 0) is 42.7 Å². The van der Waals surface area contributed by atoms with Crippen molar-refractivity contribution in [3.05, 3.63) is 74.2 Å². The molecule has 3 aromatic rings. The summed E-state index contributed by atoms with van der Waals surface area (Å²) in [7, 11) is 6.63. The number of fused-ring (bicyclic) bond motifs is 2. The second-order valence-electron chi connectivity index (χ2n) is 16.8. The van der Waals surface area contributed by atoms with Crippen molar-refractivity contribution < 1.29 is 37.4 Å². The van der Waals surface area contributed by atoms with E-state index in [1.165, 1.54) is 11.0 Å². The highest BCUT2D eigenvalue weighted by molar-refractivity contribution is 6.05. The van der Waals surface area contributed by atoms with Gasteiger partial charge in [0.15, 0.2) is 11.6 Å². The van der Waals surface area contributed by atoms with Gasteiger partial charge in [0.1, 0.15) is 17.5 Å². The van der Waals surface area contributed by atoms with E-state index in [9.17, 15) is 24.0 Å². The third-order valence-electron chi connectivity index (χ3n) is 13.3. The zero-order chi connectivity index (χ0) is 43.1. The third kappa shape index (κ3) is 8.16. The summed E-state index contributed by atoms with van der Waals surface area (Å²) in [5.41, 5.74) is 4.28. The van der Waals surface area contributed by atoms with E-state index in [1.54, 1.807) is 42.7 Å². The minimum atomic E-state index is -1.06. The smallest absolute Gasteiger partial charge is 0.317 e. The van der Waals surface area contributed by atoms with Gasteiger partial charge in [-0.25, -0.2) is 13.6 Å². The van der Waals surface area contributed by atoms with Gasteiger partial charge in [-0.3, -0.25) is 34.3 Å². The van der Waals surface area contributed by atoms with Crippen LogP contribution >= 0.6 is 0 Å². The number of nitrogens with zero attached hydrogens (tertiary/aromatic N) is 6. The minimum absolute atomic E-state index is 0.0495. The number of pyridine rings is 1. The van der Waals surface area contributed by atoms with Crippen molar-refractivity contribution in [1.82, 2.24) is 34.8 Å². The van der Waals surface area contributed by atoms with Crippen molar-refractivity contribution in [2.24, 2.45) is 13.0 Å². The Balaban J connectivity index is 0.849. The summed E-state index contributed by atoms with van der Waals surface area (Å²) < 4.78 is 44.4. The average molecular weight is 845 g/mol. The van der Waals surface area contributed by atoms with Crippen molar-refractivity contribution >= 4 is 29.4 Å². The van der Waals surface area contributed by atoms with Crippen LogP contribution in [0.3, 0.4) is 0 Å². The second-order valence-corrected chi connectivity index (χ2v) is 16.8. The molecule has 1 unspecified atom stereocenters. The number of anilines is 1. The highest BCUT2D eigenvalue weighted by Gasteiger charge is 2.42. The number of nitrogens with one attached hydrogen (secondary N) is 2. The van der Waals surface area contributed by atoms with Gasteiger partial charge in [0, 0.05) is 88.2 Å². The Bertz CT molecular complexity index is 2280. The van der Waals surface area contributed by atoms with E-state index in [4.69, 9.17) is 9.47 Å². The molecular weight excluding hydrogens is 791 g/mol. The Morgan fingerprint density at radius 1 is 0.820 bits per heavy atom. The monoisotopic (exact) mass is 844 g/mol. The number of carbonyl (C=O) groups excluding carboxylic acids is 4. The van der Waals surface area contributed by atoms with Crippen LogP contribution in [0.1, 0.15) is 64.7 Å². The number of piperidine rings is 2. The van der Waals surface area contributed by atoms with Crippen LogP contribution in [-0.4, -0.2) is 128 Å². The molecule has 3 fully saturated rings. The van der Waals surface area contributed by atoms with E-state index in [2.05, 4.69) is 20.4 Å². The number of hydrogen-bond donors (Lipinski definition) is 2. The average Bonchev–Trinajstić information content (AvgIpc) is 3.60. The summed E-state index contributed by atoms with van der Waals surface area (Å²) in [6, 6.07) is 4.35. The van der Waals surface area contributed by atoms with Gasteiger partial charge in [-0.15, -0.1) is 0 Å². The molecule has 326 valence electrons. The number of aromatic nitrogens is 1. The zero-order valence-electron chi connectivity index (χ0n) is 35.3. The Morgan fingerprint density at radius 2 is 1.52 bits per heavy atom. The molecule has 1 aromatic heterocycles. The third-order valence-corrected chi connectivity index (χ3v) is 13.3. The number of benzene rings is 2. The molecule has 5 amide bonds. The van der Waals surface area contributed by atoms with Crippen LogP contribution < -0.4 is 30.6 Å². The summed E-state index contributed by atoms with van der Waals surface area (Å²) in [5.74, 6) is -1.60. The number of carbonyl (C=O) groups is 4. The number of amides is 5. The molecule has 17 heteroatoms. The van der Waals surface area contributed by atoms with E-state index in [0.717, 1.165) is 61.2 Å². The van der Waals surface area contributed by atoms with Gasteiger partial charge >= 0.3 is 6.03 Å². The highest BCUT2D eigenvalue weighted by Crippen LogP contribution is 2.40. The predicted octanol–water partition coefficient (Wildman–Crippen LogP) is 3.23. The molecule has 0 spiro atoms. The van der Waals surface area contributed by atoms with Gasteiger partial charge in [0.2, 0.25) is 11.8 Å². The fraction of sp³-hybridized carbons (Fsp3) is 0.523. The van der Waals surface area contributed by atoms with Crippen LogP contribution in [0.5, 0.6) is 11.5 Å². The van der Waals surface area contributed by atoms with Gasteiger partial charge in [-0.2, -0.15) is 0 Å². The molecule has 2 N–H and O–H groups in total. The van der Waals surface area contributed by atoms with E-state index in [-0.39, 0.29) is 54.3 Å². The summed E-state index contributed by atoms with van der Waals surface area (Å²) in [5, 5.41) is 4.90. The van der Waals surface area contributed by atoms with Gasteiger partial charge in [-0.1, -0.05) is 0 Å². The number of ether oxygens (including phenoxy) is 2. The standard InChI is InChI=1S/C44H54F2N8O7/c1-47-44(59)53-14-10-28-30(22-49(2)42(57)32(28)24-53)27-19-36(60-3)33(37(20-27)61-4)23-51-12-8-26(9-13-51)7-11-50-15-17-52(18-16-50)35-21-29-31(39(45)40(35)46)25-54(43(29)58)34-5-6-38(55)48-41(34)56/h19-22,26,34H,5-18,23-25H2,1-4H3,(H,47,59)(H,48,55,56).